The first-order valence-corrected chi connectivity index (χ1v) is 13.2. The molecule has 7 nitrogen and oxygen atoms in total. The molecule has 6 aromatic rings. The number of hydrogen-bond donors (Lipinski definition) is 3. The van der Waals surface area contributed by atoms with Gasteiger partial charge in [0.2, 0.25) is 5.13 Å². The van der Waals surface area contributed by atoms with E-state index in [1.165, 1.54) is 12.1 Å². The lowest BCUT2D eigenvalue weighted by atomic mass is 9.97. The molecule has 0 bridgehead atoms. The summed E-state index contributed by atoms with van der Waals surface area (Å²) in [5, 5.41) is 34.8. The van der Waals surface area contributed by atoms with Crippen molar-refractivity contribution in [3.05, 3.63) is 120 Å². The molecule has 0 saturated carbocycles. The van der Waals surface area contributed by atoms with Gasteiger partial charge in [-0.15, -0.1) is 10.2 Å². The van der Waals surface area contributed by atoms with Crippen molar-refractivity contribution in [1.29, 1.82) is 0 Å². The Balaban J connectivity index is 1.14. The van der Waals surface area contributed by atoms with Crippen LogP contribution in [0.4, 0.5) is 5.13 Å². The molecule has 40 heavy (non-hydrogen) atoms. The van der Waals surface area contributed by atoms with Crippen molar-refractivity contribution < 1.29 is 19.8 Å². The number of anilines is 1. The summed E-state index contributed by atoms with van der Waals surface area (Å²) in [4.78, 5) is 25.8. The number of hydrogen-bond acceptors (Lipinski definition) is 7. The molecule has 1 aromatic heterocycles. The highest BCUT2D eigenvalue weighted by atomic mass is 32.1. The summed E-state index contributed by atoms with van der Waals surface area (Å²) >= 11 is 1.14. The van der Waals surface area contributed by atoms with Crippen LogP contribution in [0.3, 0.4) is 0 Å². The Kier molecular flexibility index (Phi) is 6.51. The Bertz CT molecular complexity index is 1940. The quantitative estimate of drug-likeness (QED) is 0.0896. The predicted octanol–water partition coefficient (Wildman–Crippen LogP) is 7.07. The van der Waals surface area contributed by atoms with Crippen molar-refractivity contribution in [2.24, 2.45) is 0 Å². The van der Waals surface area contributed by atoms with Crippen molar-refractivity contribution >= 4 is 55.8 Å². The van der Waals surface area contributed by atoms with Gasteiger partial charge in [0, 0.05) is 16.7 Å². The fraction of sp³-hybridized carbons (Fsp3) is 0. The molecule has 0 aliphatic rings. The smallest absolute Gasteiger partial charge is 0.257 e. The van der Waals surface area contributed by atoms with Gasteiger partial charge >= 0.3 is 0 Å². The number of aromatic nitrogens is 2. The number of nitrogens with zero attached hydrogens (tertiary/aromatic N) is 2. The number of phenols is 2. The molecule has 0 spiro atoms. The van der Waals surface area contributed by atoms with Crippen molar-refractivity contribution in [3.63, 3.8) is 0 Å². The average Bonchev–Trinajstić information content (AvgIpc) is 3.44. The summed E-state index contributed by atoms with van der Waals surface area (Å²) in [6.07, 6.45) is 3.27. The first-order chi connectivity index (χ1) is 19.4. The second kappa shape index (κ2) is 10.4. The molecule has 6 rings (SSSR count). The van der Waals surface area contributed by atoms with E-state index in [0.29, 0.717) is 26.8 Å². The molecule has 0 aliphatic carbocycles. The molecular weight excluding hydrogens is 522 g/mol. The molecule has 0 fully saturated rings. The number of carbonyl (C=O) groups is 2. The van der Waals surface area contributed by atoms with Crippen LogP contribution in [0.25, 0.3) is 38.2 Å². The molecule has 0 saturated heterocycles. The van der Waals surface area contributed by atoms with Crippen molar-refractivity contribution in [3.8, 4) is 22.1 Å². The van der Waals surface area contributed by atoms with E-state index in [-0.39, 0.29) is 23.2 Å². The summed E-state index contributed by atoms with van der Waals surface area (Å²) in [6.45, 7) is 0. The Morgan fingerprint density at radius 1 is 0.750 bits per heavy atom. The number of aromatic hydroxyl groups is 2. The summed E-state index contributed by atoms with van der Waals surface area (Å²) in [6, 6.07) is 29.2. The zero-order valence-corrected chi connectivity index (χ0v) is 21.7. The standard InChI is InChI=1S/C32H21N3O4S/c36-27(25-7-3-6-23-16-21-4-1-2-5-22(21)17-26(23)25)14-10-19-8-11-20(12-9-19)30(39)33-32-35-34-31(40-32)24-13-15-28(37)29(38)18-24/h1-18,37-38H,(H,33,35,39)/b14-10+. The summed E-state index contributed by atoms with van der Waals surface area (Å²) in [7, 11) is 0. The minimum Gasteiger partial charge on any atom is -0.504 e. The van der Waals surface area contributed by atoms with Crippen molar-refractivity contribution in [1.82, 2.24) is 10.2 Å². The van der Waals surface area contributed by atoms with E-state index in [1.54, 1.807) is 42.5 Å². The van der Waals surface area contributed by atoms with Crippen molar-refractivity contribution in [2.45, 2.75) is 0 Å². The fourth-order valence-corrected chi connectivity index (χ4v) is 5.14. The van der Waals surface area contributed by atoms with Gasteiger partial charge in [0.1, 0.15) is 5.01 Å². The zero-order chi connectivity index (χ0) is 27.6. The van der Waals surface area contributed by atoms with E-state index in [1.807, 2.05) is 36.4 Å². The molecule has 0 aliphatic heterocycles. The van der Waals surface area contributed by atoms with Gasteiger partial charge in [0.05, 0.1) is 0 Å². The molecule has 5 aromatic carbocycles. The average molecular weight is 544 g/mol. The van der Waals surface area contributed by atoms with Gasteiger partial charge < -0.3 is 10.2 Å². The second-order valence-corrected chi connectivity index (χ2v) is 10.1. The third kappa shape index (κ3) is 5.03. The summed E-state index contributed by atoms with van der Waals surface area (Å²) in [5.74, 6) is -0.950. The maximum Gasteiger partial charge on any atom is 0.257 e. The normalized spacial score (nSPS) is 11.3. The largest absolute Gasteiger partial charge is 0.504 e. The highest BCUT2D eigenvalue weighted by molar-refractivity contribution is 7.18. The van der Waals surface area contributed by atoms with Crippen LogP contribution in [-0.4, -0.2) is 32.1 Å². The predicted molar refractivity (Wildman–Crippen MR) is 158 cm³/mol. The van der Waals surface area contributed by atoms with E-state index < -0.39 is 0 Å². The third-order valence-electron chi connectivity index (χ3n) is 6.48. The Morgan fingerprint density at radius 2 is 1.50 bits per heavy atom. The van der Waals surface area contributed by atoms with Gasteiger partial charge in [0.15, 0.2) is 17.3 Å². The number of rotatable bonds is 6. The van der Waals surface area contributed by atoms with Crippen LogP contribution in [0, 0.1) is 0 Å². The zero-order valence-electron chi connectivity index (χ0n) is 20.9. The Labute approximate surface area is 232 Å². The molecule has 1 amide bonds. The van der Waals surface area contributed by atoms with E-state index >= 15 is 0 Å². The van der Waals surface area contributed by atoms with E-state index in [2.05, 4.69) is 33.7 Å². The van der Waals surface area contributed by atoms with Crippen LogP contribution in [0.1, 0.15) is 26.3 Å². The second-order valence-electron chi connectivity index (χ2n) is 9.12. The van der Waals surface area contributed by atoms with E-state index in [4.69, 9.17) is 0 Å². The summed E-state index contributed by atoms with van der Waals surface area (Å²) in [5.41, 5.74) is 2.40. The van der Waals surface area contributed by atoms with E-state index in [0.717, 1.165) is 38.4 Å². The number of fused-ring (bicyclic) bond motifs is 2. The van der Waals surface area contributed by atoms with Crippen LogP contribution in [0.2, 0.25) is 0 Å². The molecular formula is C32H21N3O4S. The van der Waals surface area contributed by atoms with Crippen LogP contribution < -0.4 is 5.32 Å². The van der Waals surface area contributed by atoms with Crippen molar-refractivity contribution in [2.75, 3.05) is 5.32 Å². The Morgan fingerprint density at radius 3 is 2.27 bits per heavy atom. The number of ketones is 1. The SMILES string of the molecule is O=C(Nc1nnc(-c2ccc(O)c(O)c2)s1)c1ccc(/C=C/C(=O)c2cccc3cc4ccccc4cc23)cc1. The first-order valence-electron chi connectivity index (χ1n) is 12.4. The number of amides is 1. The fourth-order valence-electron chi connectivity index (χ4n) is 4.41. The first kappa shape index (κ1) is 25.0. The molecule has 3 N–H and O–H groups in total. The van der Waals surface area contributed by atoms with Gasteiger partial charge in [-0.25, -0.2) is 0 Å². The van der Waals surface area contributed by atoms with Gasteiger partial charge in [-0.2, -0.15) is 0 Å². The summed E-state index contributed by atoms with van der Waals surface area (Å²) < 4.78 is 0. The van der Waals surface area contributed by atoms with Gasteiger partial charge in [-0.3, -0.25) is 14.9 Å². The molecule has 0 unspecified atom stereocenters. The number of allylic oxidation sites excluding steroid dienone is 1. The van der Waals surface area contributed by atoms with Crippen LogP contribution in [0.5, 0.6) is 11.5 Å². The molecule has 0 radical (unpaired) electrons. The lowest BCUT2D eigenvalue weighted by Crippen LogP contribution is -2.11. The molecule has 8 heteroatoms. The number of nitrogens with one attached hydrogen (secondary N) is 1. The van der Waals surface area contributed by atoms with E-state index in [9.17, 15) is 19.8 Å². The topological polar surface area (TPSA) is 112 Å². The van der Waals surface area contributed by atoms with Gasteiger partial charge in [0.25, 0.3) is 5.91 Å². The Hall–Kier alpha value is -5.34. The maximum atomic E-state index is 13.1. The lowest BCUT2D eigenvalue weighted by Gasteiger charge is -2.06. The molecule has 0 atom stereocenters. The van der Waals surface area contributed by atoms with Crippen LogP contribution in [0.15, 0.2) is 103 Å². The van der Waals surface area contributed by atoms with Crippen LogP contribution >= 0.6 is 11.3 Å². The highest BCUT2D eigenvalue weighted by Gasteiger charge is 2.13. The number of phenolic OH excluding ortho intramolecular Hbond substituents is 2. The van der Waals surface area contributed by atoms with Gasteiger partial charge in [-0.05, 0) is 75.6 Å². The maximum absolute atomic E-state index is 13.1. The lowest BCUT2D eigenvalue weighted by molar-refractivity contribution is 0.102. The molecule has 194 valence electrons. The highest BCUT2D eigenvalue weighted by Crippen LogP contribution is 2.33. The molecule has 1 heterocycles. The number of carbonyl (C=O) groups excluding carboxylic acids is 2. The van der Waals surface area contributed by atoms with Crippen LogP contribution in [-0.2, 0) is 0 Å². The minimum atomic E-state index is -0.356. The van der Waals surface area contributed by atoms with Gasteiger partial charge in [-0.1, -0.05) is 72.0 Å². The minimum absolute atomic E-state index is 0.100. The monoisotopic (exact) mass is 543 g/mol. The third-order valence-corrected chi connectivity index (χ3v) is 7.37. The number of benzene rings is 5.